The minimum atomic E-state index is -4.47. The Hall–Kier alpha value is -1.56. The zero-order chi connectivity index (χ0) is 15.5. The molecular weight excluding hydrogens is 283 g/mol. The van der Waals surface area contributed by atoms with E-state index in [1.807, 2.05) is 0 Å². The molecule has 1 amide bonds. The Morgan fingerprint density at radius 1 is 1.19 bits per heavy atom. The van der Waals surface area contributed by atoms with Crippen LogP contribution in [0, 0.1) is 0 Å². The summed E-state index contributed by atoms with van der Waals surface area (Å²) in [6.45, 7) is 0. The highest BCUT2D eigenvalue weighted by atomic mass is 19.4. The molecule has 6 heteroatoms. The number of aliphatic hydroxyl groups excluding tert-OH is 1. The molecule has 1 aliphatic rings. The first-order valence-corrected chi connectivity index (χ1v) is 7.04. The topological polar surface area (TPSA) is 49.3 Å². The maximum atomic E-state index is 12.6. The second-order valence-electron chi connectivity index (χ2n) is 5.36. The van der Waals surface area contributed by atoms with Crippen molar-refractivity contribution >= 4 is 5.91 Å². The smallest absolute Gasteiger partial charge is 0.391 e. The largest absolute Gasteiger partial charge is 0.416 e. The van der Waals surface area contributed by atoms with Crippen LogP contribution in [0.5, 0.6) is 0 Å². The summed E-state index contributed by atoms with van der Waals surface area (Å²) >= 11 is 0. The number of carbonyl (C=O) groups excluding carboxylic acids is 1. The molecule has 0 spiro atoms. The van der Waals surface area contributed by atoms with Crippen LogP contribution < -0.4 is 5.32 Å². The summed E-state index contributed by atoms with van der Waals surface area (Å²) in [6.07, 6.45) is -1.08. The Bertz CT molecular complexity index is 502. The predicted octanol–water partition coefficient (Wildman–Crippen LogP) is 3.13. The summed E-state index contributed by atoms with van der Waals surface area (Å²) in [6, 6.07) is 3.92. The molecule has 0 bridgehead atoms. The van der Waals surface area contributed by atoms with Gasteiger partial charge in [0.25, 0.3) is 5.91 Å². The van der Waals surface area contributed by atoms with E-state index in [-0.39, 0.29) is 5.56 Å². The molecule has 2 rings (SSSR count). The summed E-state index contributed by atoms with van der Waals surface area (Å²) in [5, 5.41) is 12.6. The maximum Gasteiger partial charge on any atom is 0.416 e. The fourth-order valence-corrected chi connectivity index (χ4v) is 2.54. The summed E-state index contributed by atoms with van der Waals surface area (Å²) in [4.78, 5) is 12.1. The van der Waals surface area contributed by atoms with Crippen molar-refractivity contribution in [1.82, 2.24) is 5.32 Å². The molecule has 2 atom stereocenters. The number of benzene rings is 1. The highest BCUT2D eigenvalue weighted by Crippen LogP contribution is 2.29. The second kappa shape index (κ2) is 6.47. The van der Waals surface area contributed by atoms with E-state index in [0.29, 0.717) is 12.8 Å². The van der Waals surface area contributed by atoms with Gasteiger partial charge in [-0.15, -0.1) is 0 Å². The molecule has 0 radical (unpaired) electrons. The van der Waals surface area contributed by atoms with Crippen LogP contribution in [-0.2, 0) is 6.18 Å². The van der Waals surface area contributed by atoms with Gasteiger partial charge in [-0.1, -0.05) is 25.3 Å². The molecule has 116 valence electrons. The number of carbonyl (C=O) groups is 1. The molecule has 1 aliphatic carbocycles. The molecule has 1 aromatic carbocycles. The maximum absolute atomic E-state index is 12.6. The number of hydrogen-bond donors (Lipinski definition) is 2. The molecule has 0 aliphatic heterocycles. The molecule has 1 aromatic rings. The lowest BCUT2D eigenvalue weighted by Crippen LogP contribution is -2.42. The van der Waals surface area contributed by atoms with Crippen LogP contribution in [0.2, 0.25) is 0 Å². The van der Waals surface area contributed by atoms with Crippen molar-refractivity contribution in [2.75, 3.05) is 0 Å². The van der Waals surface area contributed by atoms with Crippen molar-refractivity contribution in [2.45, 2.75) is 50.4 Å². The Morgan fingerprint density at radius 2 is 1.90 bits per heavy atom. The van der Waals surface area contributed by atoms with Gasteiger partial charge in [0.05, 0.1) is 17.7 Å². The van der Waals surface area contributed by atoms with Gasteiger partial charge in [0.15, 0.2) is 0 Å². The van der Waals surface area contributed by atoms with Crippen molar-refractivity contribution in [3.63, 3.8) is 0 Å². The zero-order valence-electron chi connectivity index (χ0n) is 11.5. The number of alkyl halides is 3. The summed E-state index contributed by atoms with van der Waals surface area (Å²) < 4.78 is 37.9. The van der Waals surface area contributed by atoms with Crippen molar-refractivity contribution in [3.8, 4) is 0 Å². The van der Waals surface area contributed by atoms with Gasteiger partial charge in [0, 0.05) is 5.56 Å². The number of halogens is 3. The van der Waals surface area contributed by atoms with Gasteiger partial charge in [0.1, 0.15) is 0 Å². The first-order chi connectivity index (χ1) is 9.88. The molecule has 1 fully saturated rings. The average Bonchev–Trinajstić information content (AvgIpc) is 2.63. The average molecular weight is 301 g/mol. The fourth-order valence-electron chi connectivity index (χ4n) is 2.54. The first-order valence-electron chi connectivity index (χ1n) is 7.04. The van der Waals surface area contributed by atoms with Crippen molar-refractivity contribution in [2.24, 2.45) is 0 Å². The van der Waals surface area contributed by atoms with Gasteiger partial charge in [-0.05, 0) is 31.0 Å². The fraction of sp³-hybridized carbons (Fsp3) is 0.533. The Morgan fingerprint density at radius 3 is 2.62 bits per heavy atom. The number of hydrogen-bond acceptors (Lipinski definition) is 2. The van der Waals surface area contributed by atoms with Gasteiger partial charge >= 0.3 is 6.18 Å². The van der Waals surface area contributed by atoms with Crippen molar-refractivity contribution in [1.29, 1.82) is 0 Å². The molecule has 2 N–H and O–H groups in total. The van der Waals surface area contributed by atoms with E-state index in [9.17, 15) is 23.1 Å². The summed E-state index contributed by atoms with van der Waals surface area (Å²) in [5.41, 5.74) is -0.891. The van der Waals surface area contributed by atoms with E-state index in [1.165, 1.54) is 12.1 Å². The van der Waals surface area contributed by atoms with Crippen molar-refractivity contribution < 1.29 is 23.1 Å². The number of nitrogens with one attached hydrogen (secondary N) is 1. The van der Waals surface area contributed by atoms with E-state index in [4.69, 9.17) is 0 Å². The first kappa shape index (κ1) is 15.8. The van der Waals surface area contributed by atoms with Crippen LogP contribution in [0.3, 0.4) is 0 Å². The SMILES string of the molecule is O=C(NC1CCCCCC1O)c1cccc(C(F)(F)F)c1. The zero-order valence-corrected chi connectivity index (χ0v) is 11.5. The molecule has 2 unspecified atom stereocenters. The predicted molar refractivity (Wildman–Crippen MR) is 71.8 cm³/mol. The van der Waals surface area contributed by atoms with Crippen LogP contribution in [0.15, 0.2) is 24.3 Å². The summed E-state index contributed by atoms with van der Waals surface area (Å²) in [5.74, 6) is -0.577. The van der Waals surface area contributed by atoms with Gasteiger partial charge in [-0.25, -0.2) is 0 Å². The lowest BCUT2D eigenvalue weighted by Gasteiger charge is -2.22. The highest BCUT2D eigenvalue weighted by Gasteiger charge is 2.31. The van der Waals surface area contributed by atoms with Crippen LogP contribution in [0.4, 0.5) is 13.2 Å². The minimum absolute atomic E-state index is 0.0405. The van der Waals surface area contributed by atoms with Gasteiger partial charge in [-0.2, -0.15) is 13.2 Å². The third-order valence-corrected chi connectivity index (χ3v) is 3.75. The van der Waals surface area contributed by atoms with Gasteiger partial charge in [-0.3, -0.25) is 4.79 Å². The second-order valence-corrected chi connectivity index (χ2v) is 5.36. The number of aliphatic hydroxyl groups is 1. The van der Waals surface area contributed by atoms with Crippen molar-refractivity contribution in [3.05, 3.63) is 35.4 Å². The summed E-state index contributed by atoms with van der Waals surface area (Å²) in [7, 11) is 0. The Kier molecular flexibility index (Phi) is 4.88. The monoisotopic (exact) mass is 301 g/mol. The molecular formula is C15H18F3NO2. The third-order valence-electron chi connectivity index (χ3n) is 3.75. The standard InChI is InChI=1S/C15H18F3NO2/c16-15(17,18)11-6-4-5-10(9-11)14(21)19-12-7-2-1-3-8-13(12)20/h4-6,9,12-13,20H,1-3,7-8H2,(H,19,21). The van der Waals surface area contributed by atoms with E-state index >= 15 is 0 Å². The molecule has 3 nitrogen and oxygen atoms in total. The number of amides is 1. The van der Waals surface area contributed by atoms with Crippen LogP contribution in [-0.4, -0.2) is 23.2 Å². The van der Waals surface area contributed by atoms with Gasteiger partial charge in [0.2, 0.25) is 0 Å². The van der Waals surface area contributed by atoms with Crippen LogP contribution >= 0.6 is 0 Å². The van der Waals surface area contributed by atoms with E-state index in [1.54, 1.807) is 0 Å². The normalized spacial score (nSPS) is 23.4. The minimum Gasteiger partial charge on any atom is -0.391 e. The van der Waals surface area contributed by atoms with E-state index in [0.717, 1.165) is 31.4 Å². The molecule has 0 aromatic heterocycles. The Balaban J connectivity index is 2.09. The quantitative estimate of drug-likeness (QED) is 0.825. The molecule has 1 saturated carbocycles. The molecule has 21 heavy (non-hydrogen) atoms. The third kappa shape index (κ3) is 4.20. The number of rotatable bonds is 2. The molecule has 0 saturated heterocycles. The lowest BCUT2D eigenvalue weighted by atomic mass is 10.0. The van der Waals surface area contributed by atoms with Crippen LogP contribution in [0.25, 0.3) is 0 Å². The van der Waals surface area contributed by atoms with E-state index < -0.39 is 29.8 Å². The Labute approximate surface area is 121 Å². The van der Waals surface area contributed by atoms with Crippen LogP contribution in [0.1, 0.15) is 48.0 Å². The molecule has 0 heterocycles. The lowest BCUT2D eigenvalue weighted by molar-refractivity contribution is -0.137. The van der Waals surface area contributed by atoms with Gasteiger partial charge < -0.3 is 10.4 Å². The highest BCUT2D eigenvalue weighted by molar-refractivity contribution is 5.94. The van der Waals surface area contributed by atoms with E-state index in [2.05, 4.69) is 5.32 Å².